The maximum atomic E-state index is 13.2. The Hall–Kier alpha value is -3.91. The second-order valence-corrected chi connectivity index (χ2v) is 8.65. The van der Waals surface area contributed by atoms with Gasteiger partial charge in [-0.25, -0.2) is 5.01 Å². The van der Waals surface area contributed by atoms with Gasteiger partial charge in [0, 0.05) is 12.5 Å². The number of hydrogen-bond donors (Lipinski definition) is 1. The molecule has 2 aliphatic rings. The van der Waals surface area contributed by atoms with E-state index >= 15 is 0 Å². The lowest BCUT2D eigenvalue weighted by Gasteiger charge is -2.21. The number of ether oxygens (including phenoxy) is 1. The number of rotatable bonds is 4. The van der Waals surface area contributed by atoms with Crippen molar-refractivity contribution in [3.05, 3.63) is 88.8 Å². The fraction of sp³-hybridized carbons (Fsp3) is 0.120. The molecule has 33 heavy (non-hydrogen) atoms. The number of hydrogen-bond acceptors (Lipinski definition) is 6. The summed E-state index contributed by atoms with van der Waals surface area (Å²) in [6.45, 7) is 0. The Kier molecular flexibility index (Phi) is 5.43. The Morgan fingerprint density at radius 2 is 1.85 bits per heavy atom. The summed E-state index contributed by atoms with van der Waals surface area (Å²) in [6.07, 6.45) is 1.69. The van der Waals surface area contributed by atoms with Crippen LogP contribution in [0.25, 0.3) is 10.8 Å². The first-order valence-electron chi connectivity index (χ1n) is 10.3. The highest BCUT2D eigenvalue weighted by Crippen LogP contribution is 2.35. The van der Waals surface area contributed by atoms with Crippen LogP contribution in [0, 0.1) is 0 Å². The minimum atomic E-state index is -0.572. The molecular formula is C25H19N3O4S. The lowest BCUT2D eigenvalue weighted by molar-refractivity contribution is -0.128. The van der Waals surface area contributed by atoms with E-state index in [9.17, 15) is 14.4 Å². The average Bonchev–Trinajstić information content (AvgIpc) is 3.42. The molecule has 2 heterocycles. The number of nitrogens with zero attached hydrogens (tertiary/aromatic N) is 2. The summed E-state index contributed by atoms with van der Waals surface area (Å²) in [5, 5.41) is 9.92. The van der Waals surface area contributed by atoms with Gasteiger partial charge >= 0.3 is 0 Å². The van der Waals surface area contributed by atoms with Crippen molar-refractivity contribution in [2.45, 2.75) is 12.5 Å². The molecule has 0 aromatic heterocycles. The van der Waals surface area contributed by atoms with Gasteiger partial charge in [-0.05, 0) is 51.9 Å². The Balaban J connectivity index is 1.52. The van der Waals surface area contributed by atoms with E-state index in [0.717, 1.165) is 27.6 Å². The van der Waals surface area contributed by atoms with E-state index in [1.165, 1.54) is 11.1 Å². The van der Waals surface area contributed by atoms with E-state index < -0.39 is 17.1 Å². The molecule has 0 spiro atoms. The van der Waals surface area contributed by atoms with Crippen LogP contribution in [0.5, 0.6) is 5.75 Å². The maximum absolute atomic E-state index is 13.2. The molecule has 3 aromatic carbocycles. The number of amides is 3. The molecule has 164 valence electrons. The Morgan fingerprint density at radius 3 is 2.55 bits per heavy atom. The predicted octanol–water partition coefficient (Wildman–Crippen LogP) is 4.39. The number of nitrogens with one attached hydrogen (secondary N) is 1. The highest BCUT2D eigenvalue weighted by Gasteiger charge is 2.34. The van der Waals surface area contributed by atoms with E-state index in [1.807, 2.05) is 60.7 Å². The molecule has 7 nitrogen and oxygen atoms in total. The number of thioether (sulfide) groups is 1. The van der Waals surface area contributed by atoms with E-state index in [-0.39, 0.29) is 10.9 Å². The van der Waals surface area contributed by atoms with Gasteiger partial charge in [-0.15, -0.1) is 0 Å². The third-order valence-electron chi connectivity index (χ3n) is 5.62. The molecule has 1 atom stereocenters. The van der Waals surface area contributed by atoms with Crippen LogP contribution in [0.3, 0.4) is 0 Å². The zero-order valence-corrected chi connectivity index (χ0v) is 18.5. The Labute approximate surface area is 194 Å². The third-order valence-corrected chi connectivity index (χ3v) is 6.43. The van der Waals surface area contributed by atoms with Crippen molar-refractivity contribution in [3.8, 4) is 5.75 Å². The molecule has 0 saturated carbocycles. The van der Waals surface area contributed by atoms with Crippen LogP contribution in [-0.2, 0) is 9.59 Å². The van der Waals surface area contributed by atoms with E-state index in [2.05, 4.69) is 16.5 Å². The van der Waals surface area contributed by atoms with Crippen LogP contribution in [0.15, 0.2) is 82.8 Å². The largest absolute Gasteiger partial charge is 0.497 e. The first kappa shape index (κ1) is 21.0. The second-order valence-electron chi connectivity index (χ2n) is 7.64. The van der Waals surface area contributed by atoms with Gasteiger partial charge in [-0.2, -0.15) is 5.10 Å². The maximum Gasteiger partial charge on any atom is 0.290 e. The van der Waals surface area contributed by atoms with E-state index in [4.69, 9.17) is 4.74 Å². The van der Waals surface area contributed by atoms with E-state index in [0.29, 0.717) is 23.9 Å². The molecule has 1 unspecified atom stereocenters. The normalized spacial score (nSPS) is 19.2. The van der Waals surface area contributed by atoms with Gasteiger partial charge < -0.3 is 4.74 Å². The molecule has 0 bridgehead atoms. The molecule has 5 rings (SSSR count). The molecular weight excluding hydrogens is 438 g/mol. The predicted molar refractivity (Wildman–Crippen MR) is 127 cm³/mol. The van der Waals surface area contributed by atoms with Crippen LogP contribution in [0.2, 0.25) is 0 Å². The molecule has 0 radical (unpaired) electrons. The summed E-state index contributed by atoms with van der Waals surface area (Å²) in [5.74, 6) is -0.318. The zero-order valence-electron chi connectivity index (χ0n) is 17.6. The SMILES string of the molecule is COc1ccc(C2CC(c3ccc4ccccc4c3)=NN2C(=O)/C=C2\SC(=O)NC2=O)cc1. The first-order chi connectivity index (χ1) is 16.0. The number of methoxy groups -OCH3 is 1. The lowest BCUT2D eigenvalue weighted by Crippen LogP contribution is -2.26. The Bertz CT molecular complexity index is 1350. The van der Waals surface area contributed by atoms with Gasteiger partial charge in [-0.3, -0.25) is 19.7 Å². The number of fused-ring (bicyclic) bond motifs is 1. The summed E-state index contributed by atoms with van der Waals surface area (Å²) >= 11 is 0.710. The number of benzene rings is 3. The summed E-state index contributed by atoms with van der Waals surface area (Å²) in [5.41, 5.74) is 2.59. The molecule has 3 amide bonds. The molecule has 0 aliphatic carbocycles. The molecule has 2 aliphatic heterocycles. The fourth-order valence-corrected chi connectivity index (χ4v) is 4.59. The molecule has 1 N–H and O–H groups in total. The van der Waals surface area contributed by atoms with Crippen molar-refractivity contribution < 1.29 is 19.1 Å². The van der Waals surface area contributed by atoms with Crippen LogP contribution in [0.4, 0.5) is 4.79 Å². The Morgan fingerprint density at radius 1 is 1.09 bits per heavy atom. The average molecular weight is 458 g/mol. The smallest absolute Gasteiger partial charge is 0.290 e. The summed E-state index contributed by atoms with van der Waals surface area (Å²) in [6, 6.07) is 21.3. The van der Waals surface area contributed by atoms with E-state index in [1.54, 1.807) is 7.11 Å². The van der Waals surface area contributed by atoms with Crippen molar-refractivity contribution in [1.82, 2.24) is 10.3 Å². The number of hydrazone groups is 1. The number of carbonyl (C=O) groups excluding carboxylic acids is 3. The fourth-order valence-electron chi connectivity index (χ4n) is 3.94. The van der Waals surface area contributed by atoms with Gasteiger partial charge in [0.05, 0.1) is 23.8 Å². The molecule has 1 saturated heterocycles. The van der Waals surface area contributed by atoms with Crippen molar-refractivity contribution >= 4 is 45.3 Å². The van der Waals surface area contributed by atoms with Crippen LogP contribution >= 0.6 is 11.8 Å². The van der Waals surface area contributed by atoms with Gasteiger partial charge in [0.15, 0.2) is 0 Å². The van der Waals surface area contributed by atoms with Crippen molar-refractivity contribution in [3.63, 3.8) is 0 Å². The summed E-state index contributed by atoms with van der Waals surface area (Å²) < 4.78 is 5.25. The molecule has 8 heteroatoms. The topological polar surface area (TPSA) is 88.1 Å². The monoisotopic (exact) mass is 457 g/mol. The lowest BCUT2D eigenvalue weighted by atomic mass is 9.97. The van der Waals surface area contributed by atoms with Gasteiger partial charge in [0.1, 0.15) is 5.75 Å². The van der Waals surface area contributed by atoms with Gasteiger partial charge in [-0.1, -0.05) is 48.5 Å². The van der Waals surface area contributed by atoms with Gasteiger partial charge in [0.2, 0.25) is 0 Å². The number of imide groups is 1. The first-order valence-corrected chi connectivity index (χ1v) is 11.1. The summed E-state index contributed by atoms with van der Waals surface area (Å²) in [4.78, 5) is 36.6. The highest BCUT2D eigenvalue weighted by atomic mass is 32.2. The van der Waals surface area contributed by atoms with Crippen LogP contribution < -0.4 is 10.1 Å². The van der Waals surface area contributed by atoms with Gasteiger partial charge in [0.25, 0.3) is 17.1 Å². The highest BCUT2D eigenvalue weighted by molar-refractivity contribution is 8.18. The van der Waals surface area contributed by atoms with Crippen LogP contribution in [-0.4, -0.2) is 34.9 Å². The van der Waals surface area contributed by atoms with Crippen molar-refractivity contribution in [2.75, 3.05) is 7.11 Å². The minimum absolute atomic E-state index is 0.0628. The molecule has 1 fully saturated rings. The van der Waals surface area contributed by atoms with Crippen molar-refractivity contribution in [1.29, 1.82) is 0 Å². The molecule has 3 aromatic rings. The standard InChI is InChI=1S/C25H19N3O4S/c1-32-19-10-8-16(9-11-19)21-13-20(18-7-6-15-4-2-3-5-17(15)12-18)27-28(21)23(29)14-22-24(30)26-25(31)33-22/h2-12,14,21H,13H2,1H3,(H,26,30,31)/b22-14-. The summed E-state index contributed by atoms with van der Waals surface area (Å²) in [7, 11) is 1.60. The van der Waals surface area contributed by atoms with Crippen LogP contribution in [0.1, 0.15) is 23.6 Å². The second kappa shape index (κ2) is 8.55. The van der Waals surface area contributed by atoms with Crippen molar-refractivity contribution in [2.24, 2.45) is 5.10 Å². The minimum Gasteiger partial charge on any atom is -0.497 e. The quantitative estimate of drug-likeness (QED) is 0.587. The third kappa shape index (κ3) is 4.12. The number of carbonyl (C=O) groups is 3. The zero-order chi connectivity index (χ0) is 22.9.